The number of carbonyl (C=O) groups excluding carboxylic acids is 3. The summed E-state index contributed by atoms with van der Waals surface area (Å²) >= 11 is 0. The lowest BCUT2D eigenvalue weighted by Gasteiger charge is -2.21. The third-order valence-corrected chi connectivity index (χ3v) is 2.34. The number of aliphatic hydroxyl groups is 1. The summed E-state index contributed by atoms with van der Waals surface area (Å²) in [5.41, 5.74) is 0. The molecule has 0 saturated carbocycles. The molecule has 19 heavy (non-hydrogen) atoms. The van der Waals surface area contributed by atoms with E-state index in [4.69, 9.17) is 18.9 Å². The molecule has 1 N–H and O–H groups in total. The number of hydrogen-bond donors (Lipinski definition) is 1. The SMILES string of the molecule is CC(=O)O[13CH2][13C@H]1O[13C@H](O)[13C@@H](OC(C)=O)[13C@@H]1OC(C)=O. The minimum Gasteiger partial charge on any atom is -0.463 e. The summed E-state index contributed by atoms with van der Waals surface area (Å²) < 4.78 is 19.6. The van der Waals surface area contributed by atoms with E-state index >= 15 is 0 Å². The van der Waals surface area contributed by atoms with Gasteiger partial charge in [-0.3, -0.25) is 14.4 Å². The minimum atomic E-state index is -1.45. The molecule has 1 saturated heterocycles. The average molecular weight is 281 g/mol. The van der Waals surface area contributed by atoms with Crippen molar-refractivity contribution < 1.29 is 38.4 Å². The van der Waals surface area contributed by atoms with Crippen LogP contribution in [0.3, 0.4) is 0 Å². The van der Waals surface area contributed by atoms with E-state index in [0.29, 0.717) is 0 Å². The summed E-state index contributed by atoms with van der Waals surface area (Å²) in [6, 6.07) is 0. The van der Waals surface area contributed by atoms with Crippen molar-refractivity contribution in [3.63, 3.8) is 0 Å². The third-order valence-electron chi connectivity index (χ3n) is 2.34. The molecule has 8 nitrogen and oxygen atoms in total. The molecule has 0 aromatic carbocycles. The lowest BCUT2D eigenvalue weighted by Crippen LogP contribution is -2.41. The zero-order chi connectivity index (χ0) is 14.6. The van der Waals surface area contributed by atoms with Gasteiger partial charge in [-0.05, 0) is 0 Å². The standard InChI is InChI=1S/C11H16O8/c1-5(12)16-4-8-9(17-6(2)13)10(11(15)19-8)18-7(3)14/h8-11,15H,4H2,1-3H3/t8-,9-,10+,11+/m1/s1/i4+1,8+1,9+1,10+1,11+1. The average Bonchev–Trinajstić information content (AvgIpc) is 2.53. The summed E-state index contributed by atoms with van der Waals surface area (Å²) in [7, 11) is 0. The van der Waals surface area contributed by atoms with E-state index in [1.165, 1.54) is 13.8 Å². The van der Waals surface area contributed by atoms with E-state index in [2.05, 4.69) is 0 Å². The predicted octanol–water partition coefficient (Wildman–Crippen LogP) is -0.870. The van der Waals surface area contributed by atoms with Gasteiger partial charge < -0.3 is 24.1 Å². The molecule has 108 valence electrons. The lowest BCUT2D eigenvalue weighted by atomic mass is 10.8. The van der Waals surface area contributed by atoms with Crippen molar-refractivity contribution in [2.75, 3.05) is 6.61 Å². The van der Waals surface area contributed by atoms with Crippen LogP contribution in [0.1, 0.15) is 20.8 Å². The van der Waals surface area contributed by atoms with E-state index in [0.717, 1.165) is 6.92 Å². The number of carbonyl (C=O) groups is 3. The number of aliphatic hydroxyl groups excluding tert-OH is 1. The van der Waals surface area contributed by atoms with Gasteiger partial charge in [-0.1, -0.05) is 0 Å². The highest BCUT2D eigenvalue weighted by Gasteiger charge is 2.48. The first-order valence-corrected chi connectivity index (χ1v) is 5.62. The van der Waals surface area contributed by atoms with E-state index in [1.54, 1.807) is 0 Å². The maximum Gasteiger partial charge on any atom is 0.303 e. The Morgan fingerprint density at radius 2 is 1.53 bits per heavy atom. The normalized spacial score (nSPS) is 29.7. The second kappa shape index (κ2) is 6.48. The Morgan fingerprint density at radius 1 is 1.00 bits per heavy atom. The first kappa shape index (κ1) is 15.4. The maximum absolute atomic E-state index is 11.0. The van der Waals surface area contributed by atoms with Crippen LogP contribution in [0.2, 0.25) is 0 Å². The van der Waals surface area contributed by atoms with Crippen molar-refractivity contribution in [1.29, 1.82) is 0 Å². The van der Waals surface area contributed by atoms with Gasteiger partial charge in [-0.15, -0.1) is 0 Å². The van der Waals surface area contributed by atoms with Gasteiger partial charge in [0, 0.05) is 20.8 Å². The molecule has 1 aliphatic heterocycles. The molecule has 0 aromatic rings. The highest BCUT2D eigenvalue weighted by atomic mass is 16.9. The Morgan fingerprint density at radius 3 is 2.00 bits per heavy atom. The second-order valence-corrected chi connectivity index (χ2v) is 4.02. The van der Waals surface area contributed by atoms with Gasteiger partial charge in [0.25, 0.3) is 0 Å². The van der Waals surface area contributed by atoms with Gasteiger partial charge in [0.2, 0.25) is 0 Å². The van der Waals surface area contributed by atoms with Crippen LogP contribution in [-0.4, -0.2) is 54.2 Å². The predicted molar refractivity (Wildman–Crippen MR) is 58.6 cm³/mol. The molecule has 0 amide bonds. The van der Waals surface area contributed by atoms with Crippen LogP contribution in [-0.2, 0) is 33.3 Å². The molecule has 8 heteroatoms. The quantitative estimate of drug-likeness (QED) is 0.402. The molecule has 0 radical (unpaired) electrons. The fourth-order valence-electron chi connectivity index (χ4n) is 1.69. The zero-order valence-electron chi connectivity index (χ0n) is 10.8. The van der Waals surface area contributed by atoms with Gasteiger partial charge in [-0.25, -0.2) is 0 Å². The summed E-state index contributed by atoms with van der Waals surface area (Å²) in [6.45, 7) is 3.30. The van der Waals surface area contributed by atoms with Crippen LogP contribution < -0.4 is 0 Å². The fraction of sp³-hybridized carbons (Fsp3) is 0.727. The van der Waals surface area contributed by atoms with Crippen molar-refractivity contribution in [2.24, 2.45) is 0 Å². The van der Waals surface area contributed by atoms with Crippen molar-refractivity contribution in [1.82, 2.24) is 0 Å². The van der Waals surface area contributed by atoms with E-state index in [9.17, 15) is 19.5 Å². The maximum atomic E-state index is 11.0. The monoisotopic (exact) mass is 281 g/mol. The van der Waals surface area contributed by atoms with Crippen LogP contribution in [0.4, 0.5) is 0 Å². The van der Waals surface area contributed by atoms with Gasteiger partial charge in [0.05, 0.1) is 0 Å². The molecule has 1 aliphatic rings. The molecule has 1 heterocycles. The number of rotatable bonds is 4. The van der Waals surface area contributed by atoms with E-state index in [-0.39, 0.29) is 6.61 Å². The van der Waals surface area contributed by atoms with Crippen LogP contribution in [0, 0.1) is 0 Å². The highest BCUT2D eigenvalue weighted by Crippen LogP contribution is 2.26. The van der Waals surface area contributed by atoms with Crippen molar-refractivity contribution in [2.45, 2.75) is 45.4 Å². The second-order valence-electron chi connectivity index (χ2n) is 4.02. The first-order valence-electron chi connectivity index (χ1n) is 5.62. The lowest BCUT2D eigenvalue weighted by molar-refractivity contribution is -0.174. The molecule has 0 aliphatic carbocycles. The van der Waals surface area contributed by atoms with Gasteiger partial charge in [-0.2, -0.15) is 0 Å². The summed E-state index contributed by atoms with van der Waals surface area (Å²) in [5.74, 6) is -1.83. The minimum absolute atomic E-state index is 0.220. The highest BCUT2D eigenvalue weighted by molar-refractivity contribution is 5.67. The van der Waals surface area contributed by atoms with Crippen LogP contribution in [0.5, 0.6) is 0 Å². The Labute approximate surface area is 109 Å². The van der Waals surface area contributed by atoms with Crippen molar-refractivity contribution in [3.8, 4) is 0 Å². The number of ether oxygens (including phenoxy) is 4. The smallest absolute Gasteiger partial charge is 0.303 e. The number of hydrogen-bond acceptors (Lipinski definition) is 8. The van der Waals surface area contributed by atoms with Crippen LogP contribution in [0.25, 0.3) is 0 Å². The van der Waals surface area contributed by atoms with E-state index in [1.807, 2.05) is 0 Å². The Bertz CT molecular complexity index is 366. The Kier molecular flexibility index (Phi) is 5.25. The number of esters is 3. The molecule has 1 rings (SSSR count). The fourth-order valence-corrected chi connectivity index (χ4v) is 1.69. The Balaban J connectivity index is 2.76. The van der Waals surface area contributed by atoms with Crippen LogP contribution in [0.15, 0.2) is 0 Å². The van der Waals surface area contributed by atoms with Gasteiger partial charge in [0.15, 0.2) is 18.5 Å². The molecule has 1 fully saturated rings. The third kappa shape index (κ3) is 4.49. The zero-order valence-corrected chi connectivity index (χ0v) is 10.8. The topological polar surface area (TPSA) is 108 Å². The molecule has 4 atom stereocenters. The molecule has 0 spiro atoms. The van der Waals surface area contributed by atoms with Gasteiger partial charge >= 0.3 is 17.9 Å². The molecule has 0 bridgehead atoms. The molecule has 0 aromatic heterocycles. The molecular weight excluding hydrogens is 265 g/mol. The van der Waals surface area contributed by atoms with Crippen molar-refractivity contribution >= 4 is 17.9 Å². The summed E-state index contributed by atoms with van der Waals surface area (Å²) in [6.07, 6.45) is -4.53. The van der Waals surface area contributed by atoms with Crippen LogP contribution >= 0.6 is 0 Å². The van der Waals surface area contributed by atoms with Gasteiger partial charge in [0.1, 0.15) is 12.7 Å². The molecular formula is C11H16O8. The Hall–Kier alpha value is -1.67. The first-order chi connectivity index (χ1) is 8.81. The van der Waals surface area contributed by atoms with Crippen molar-refractivity contribution in [3.05, 3.63) is 0 Å². The summed E-state index contributed by atoms with van der Waals surface area (Å²) in [4.78, 5) is 32.7. The molecule has 0 unspecified atom stereocenters. The van der Waals surface area contributed by atoms with E-state index < -0.39 is 42.5 Å². The summed E-state index contributed by atoms with van der Waals surface area (Å²) in [5, 5.41) is 9.63. The largest absolute Gasteiger partial charge is 0.463 e.